The minimum atomic E-state index is -0.0448. The Balaban J connectivity index is 1.91. The second-order valence-corrected chi connectivity index (χ2v) is 4.60. The Morgan fingerprint density at radius 2 is 2.39 bits per heavy atom. The van der Waals surface area contributed by atoms with E-state index in [-0.39, 0.29) is 17.9 Å². The number of nitrogens with one attached hydrogen (secondary N) is 1. The lowest BCUT2D eigenvalue weighted by molar-refractivity contribution is -0.119. The van der Waals surface area contributed by atoms with Gasteiger partial charge in [0.2, 0.25) is 11.8 Å². The normalized spacial score (nSPS) is 18.9. The molecule has 0 bridgehead atoms. The molecule has 0 radical (unpaired) electrons. The molecular formula is C13H18N2O3. The Kier molecular flexibility index (Phi) is 4.15. The molecule has 1 aliphatic heterocycles. The number of nitrogens with zero attached hydrogens (tertiary/aromatic N) is 1. The minimum absolute atomic E-state index is 0.00757. The maximum Gasteiger partial charge on any atom is 0.229 e. The number of amides is 1. The molecule has 1 unspecified atom stereocenters. The van der Waals surface area contributed by atoms with Crippen molar-refractivity contribution in [3.63, 3.8) is 0 Å². The van der Waals surface area contributed by atoms with Crippen molar-refractivity contribution in [2.75, 3.05) is 18.5 Å². The molecule has 2 heterocycles. The number of pyridine rings is 1. The third-order valence-corrected chi connectivity index (χ3v) is 2.66. The molecule has 1 atom stereocenters. The number of aromatic nitrogens is 1. The number of hydrogen-bond acceptors (Lipinski definition) is 4. The second-order valence-electron chi connectivity index (χ2n) is 4.60. The van der Waals surface area contributed by atoms with Crippen LogP contribution in [0, 0.1) is 5.92 Å². The molecule has 1 aromatic rings. The fourth-order valence-electron chi connectivity index (χ4n) is 1.75. The van der Waals surface area contributed by atoms with Gasteiger partial charge in [-0.3, -0.25) is 4.79 Å². The van der Waals surface area contributed by atoms with Gasteiger partial charge in [0.1, 0.15) is 0 Å². The van der Waals surface area contributed by atoms with E-state index in [1.165, 1.54) is 0 Å². The first-order chi connectivity index (χ1) is 8.65. The topological polar surface area (TPSA) is 60.5 Å². The fourth-order valence-corrected chi connectivity index (χ4v) is 1.75. The molecule has 0 aromatic carbocycles. The van der Waals surface area contributed by atoms with Crippen LogP contribution in [0.4, 0.5) is 5.69 Å². The predicted molar refractivity (Wildman–Crippen MR) is 67.6 cm³/mol. The molecule has 5 nitrogen and oxygen atoms in total. The van der Waals surface area contributed by atoms with E-state index in [2.05, 4.69) is 10.3 Å². The SMILES string of the molecule is CC(C)Oc1ccc(NC(=O)C2CCOC2)cn1. The van der Waals surface area contributed by atoms with E-state index in [0.717, 1.165) is 6.42 Å². The third-order valence-electron chi connectivity index (χ3n) is 2.66. The molecule has 1 N–H and O–H groups in total. The Labute approximate surface area is 107 Å². The molecule has 0 saturated carbocycles. The first kappa shape index (κ1) is 12.8. The molecule has 18 heavy (non-hydrogen) atoms. The number of carbonyl (C=O) groups is 1. The Morgan fingerprint density at radius 3 is 2.94 bits per heavy atom. The van der Waals surface area contributed by atoms with Crippen LogP contribution in [0.3, 0.4) is 0 Å². The first-order valence-electron chi connectivity index (χ1n) is 6.16. The van der Waals surface area contributed by atoms with Gasteiger partial charge in [0.25, 0.3) is 0 Å². The van der Waals surface area contributed by atoms with Crippen molar-refractivity contribution in [2.24, 2.45) is 5.92 Å². The third kappa shape index (κ3) is 3.43. The zero-order valence-electron chi connectivity index (χ0n) is 10.7. The Hall–Kier alpha value is -1.62. The molecule has 1 aliphatic rings. The number of carbonyl (C=O) groups excluding carboxylic acids is 1. The molecule has 98 valence electrons. The van der Waals surface area contributed by atoms with E-state index >= 15 is 0 Å². The standard InChI is InChI=1S/C13H18N2O3/c1-9(2)18-12-4-3-11(7-14-12)15-13(16)10-5-6-17-8-10/h3-4,7,9-10H,5-6,8H2,1-2H3,(H,15,16). The van der Waals surface area contributed by atoms with Gasteiger partial charge in [-0.2, -0.15) is 0 Å². The quantitative estimate of drug-likeness (QED) is 0.885. The molecule has 0 spiro atoms. The van der Waals surface area contributed by atoms with Gasteiger partial charge in [0, 0.05) is 12.7 Å². The number of hydrogen-bond donors (Lipinski definition) is 1. The average molecular weight is 250 g/mol. The largest absolute Gasteiger partial charge is 0.475 e. The average Bonchev–Trinajstić information content (AvgIpc) is 2.84. The number of anilines is 1. The highest BCUT2D eigenvalue weighted by molar-refractivity contribution is 5.92. The van der Waals surface area contributed by atoms with Crippen LogP contribution in [0.25, 0.3) is 0 Å². The first-order valence-corrected chi connectivity index (χ1v) is 6.16. The lowest BCUT2D eigenvalue weighted by atomic mass is 10.1. The van der Waals surface area contributed by atoms with E-state index in [1.807, 2.05) is 13.8 Å². The van der Waals surface area contributed by atoms with Crippen LogP contribution in [0.1, 0.15) is 20.3 Å². The summed E-state index contributed by atoms with van der Waals surface area (Å²) in [6, 6.07) is 3.54. The number of rotatable bonds is 4. The smallest absolute Gasteiger partial charge is 0.229 e. The predicted octanol–water partition coefficient (Wildman–Crippen LogP) is 1.84. The van der Waals surface area contributed by atoms with Gasteiger partial charge >= 0.3 is 0 Å². The second kappa shape index (κ2) is 5.82. The van der Waals surface area contributed by atoms with Crippen molar-refractivity contribution in [1.82, 2.24) is 4.98 Å². The van der Waals surface area contributed by atoms with Gasteiger partial charge in [0.05, 0.1) is 30.5 Å². The fraction of sp³-hybridized carbons (Fsp3) is 0.538. The highest BCUT2D eigenvalue weighted by Gasteiger charge is 2.23. The lowest BCUT2D eigenvalue weighted by Gasteiger charge is -2.11. The van der Waals surface area contributed by atoms with Crippen molar-refractivity contribution < 1.29 is 14.3 Å². The summed E-state index contributed by atoms with van der Waals surface area (Å²) in [4.78, 5) is 16.0. The van der Waals surface area contributed by atoms with Gasteiger partial charge in [-0.05, 0) is 26.3 Å². The summed E-state index contributed by atoms with van der Waals surface area (Å²) < 4.78 is 10.6. The number of ether oxygens (including phenoxy) is 2. The molecule has 1 amide bonds. The van der Waals surface area contributed by atoms with Crippen LogP contribution in [0.5, 0.6) is 5.88 Å². The summed E-state index contributed by atoms with van der Waals surface area (Å²) >= 11 is 0. The zero-order chi connectivity index (χ0) is 13.0. The summed E-state index contributed by atoms with van der Waals surface area (Å²) in [5.74, 6) is 0.510. The minimum Gasteiger partial charge on any atom is -0.475 e. The van der Waals surface area contributed by atoms with Gasteiger partial charge in [0.15, 0.2) is 0 Å². The van der Waals surface area contributed by atoms with Crippen LogP contribution in [0.15, 0.2) is 18.3 Å². The summed E-state index contributed by atoms with van der Waals surface area (Å²) in [5.41, 5.74) is 0.683. The van der Waals surface area contributed by atoms with E-state index in [0.29, 0.717) is 24.8 Å². The summed E-state index contributed by atoms with van der Waals surface area (Å²) in [5, 5.41) is 2.83. The maximum atomic E-state index is 11.8. The molecule has 1 fully saturated rings. The molecule has 1 aromatic heterocycles. The van der Waals surface area contributed by atoms with Crippen LogP contribution in [-0.4, -0.2) is 30.2 Å². The van der Waals surface area contributed by atoms with E-state index < -0.39 is 0 Å². The van der Waals surface area contributed by atoms with Crippen molar-refractivity contribution in [2.45, 2.75) is 26.4 Å². The van der Waals surface area contributed by atoms with Crippen LogP contribution < -0.4 is 10.1 Å². The zero-order valence-corrected chi connectivity index (χ0v) is 10.7. The molecule has 5 heteroatoms. The summed E-state index contributed by atoms with van der Waals surface area (Å²) in [7, 11) is 0. The van der Waals surface area contributed by atoms with Crippen LogP contribution in [0.2, 0.25) is 0 Å². The maximum absolute atomic E-state index is 11.8. The summed E-state index contributed by atoms with van der Waals surface area (Å²) in [6.07, 6.45) is 2.48. The van der Waals surface area contributed by atoms with Gasteiger partial charge in [-0.25, -0.2) is 4.98 Å². The van der Waals surface area contributed by atoms with E-state index in [1.54, 1.807) is 18.3 Å². The Morgan fingerprint density at radius 1 is 1.56 bits per heavy atom. The highest BCUT2D eigenvalue weighted by Crippen LogP contribution is 2.17. The molecule has 2 rings (SSSR count). The highest BCUT2D eigenvalue weighted by atomic mass is 16.5. The molecule has 0 aliphatic carbocycles. The monoisotopic (exact) mass is 250 g/mol. The van der Waals surface area contributed by atoms with Crippen molar-refractivity contribution >= 4 is 11.6 Å². The van der Waals surface area contributed by atoms with Crippen molar-refractivity contribution in [1.29, 1.82) is 0 Å². The van der Waals surface area contributed by atoms with Crippen LogP contribution in [-0.2, 0) is 9.53 Å². The summed E-state index contributed by atoms with van der Waals surface area (Å²) in [6.45, 7) is 5.06. The Bertz CT molecular complexity index is 397. The van der Waals surface area contributed by atoms with E-state index in [9.17, 15) is 4.79 Å². The molecular weight excluding hydrogens is 232 g/mol. The van der Waals surface area contributed by atoms with Gasteiger partial charge in [-0.1, -0.05) is 0 Å². The lowest BCUT2D eigenvalue weighted by Crippen LogP contribution is -2.22. The van der Waals surface area contributed by atoms with E-state index in [4.69, 9.17) is 9.47 Å². The molecule has 1 saturated heterocycles. The van der Waals surface area contributed by atoms with Crippen LogP contribution >= 0.6 is 0 Å². The van der Waals surface area contributed by atoms with Crippen molar-refractivity contribution in [3.8, 4) is 5.88 Å². The van der Waals surface area contributed by atoms with Gasteiger partial charge < -0.3 is 14.8 Å². The van der Waals surface area contributed by atoms with Crippen molar-refractivity contribution in [3.05, 3.63) is 18.3 Å². The van der Waals surface area contributed by atoms with Gasteiger partial charge in [-0.15, -0.1) is 0 Å².